The minimum absolute atomic E-state index is 0.00516. The van der Waals surface area contributed by atoms with Gasteiger partial charge in [0.1, 0.15) is 5.82 Å². The topological polar surface area (TPSA) is 68.9 Å². The van der Waals surface area contributed by atoms with Gasteiger partial charge in [-0.15, -0.1) is 0 Å². The summed E-state index contributed by atoms with van der Waals surface area (Å²) in [6.45, 7) is 0. The lowest BCUT2D eigenvalue weighted by Crippen LogP contribution is -2.06. The van der Waals surface area contributed by atoms with E-state index in [2.05, 4.69) is 9.97 Å². The lowest BCUT2D eigenvalue weighted by atomic mass is 10.1. The minimum Gasteiger partial charge on any atom is -0.383 e. The van der Waals surface area contributed by atoms with Crippen LogP contribution in [0.25, 0.3) is 10.9 Å². The monoisotopic (exact) mass is 241 g/mol. The average Bonchev–Trinajstić information content (AvgIpc) is 2.27. The van der Waals surface area contributed by atoms with Gasteiger partial charge in [0.25, 0.3) is 0 Å². The van der Waals surface area contributed by atoms with E-state index in [1.165, 1.54) is 6.07 Å². The fraction of sp³-hybridized carbons (Fsp3) is 0.100. The van der Waals surface area contributed by atoms with E-state index < -0.39 is 11.7 Å². The number of nitrogens with zero attached hydrogens (tertiary/aromatic N) is 2. The maximum atomic E-state index is 12.5. The highest BCUT2D eigenvalue weighted by Crippen LogP contribution is 2.31. The van der Waals surface area contributed by atoms with Gasteiger partial charge in [-0.05, 0) is 18.2 Å². The summed E-state index contributed by atoms with van der Waals surface area (Å²) in [5.41, 5.74) is 4.65. The van der Waals surface area contributed by atoms with Crippen molar-refractivity contribution in [2.45, 2.75) is 6.18 Å². The number of hydrogen-bond acceptors (Lipinski definition) is 4. The van der Waals surface area contributed by atoms with E-state index in [1.54, 1.807) is 0 Å². The summed E-state index contributed by atoms with van der Waals surface area (Å²) in [6.07, 6.45) is -4.13. The number of nitrogens with two attached hydrogens (primary N) is 1. The molecule has 2 rings (SSSR count). The van der Waals surface area contributed by atoms with Gasteiger partial charge in [0.05, 0.1) is 11.1 Å². The molecule has 1 aromatic heterocycles. The van der Waals surface area contributed by atoms with Gasteiger partial charge in [-0.25, -0.2) is 9.97 Å². The second-order valence-electron chi connectivity index (χ2n) is 3.31. The Labute approximate surface area is 93.3 Å². The van der Waals surface area contributed by atoms with Gasteiger partial charge >= 0.3 is 6.18 Å². The maximum absolute atomic E-state index is 12.5. The number of aldehydes is 1. The van der Waals surface area contributed by atoms with Crippen LogP contribution in [0.2, 0.25) is 0 Å². The van der Waals surface area contributed by atoms with Crippen molar-refractivity contribution < 1.29 is 18.0 Å². The summed E-state index contributed by atoms with van der Waals surface area (Å²) in [5.74, 6) is -0.264. The summed E-state index contributed by atoms with van der Waals surface area (Å²) in [7, 11) is 0. The van der Waals surface area contributed by atoms with Crippen LogP contribution in [0, 0.1) is 0 Å². The number of anilines is 1. The zero-order chi connectivity index (χ0) is 12.6. The smallest absolute Gasteiger partial charge is 0.383 e. The third-order valence-electron chi connectivity index (χ3n) is 2.18. The molecule has 1 aromatic carbocycles. The molecule has 2 N–H and O–H groups in total. The number of alkyl halides is 3. The first-order valence-corrected chi connectivity index (χ1v) is 4.51. The van der Waals surface area contributed by atoms with Crippen molar-refractivity contribution in [3.05, 3.63) is 29.6 Å². The van der Waals surface area contributed by atoms with Gasteiger partial charge in [-0.3, -0.25) is 4.79 Å². The molecule has 4 nitrogen and oxygen atoms in total. The Kier molecular flexibility index (Phi) is 2.45. The summed E-state index contributed by atoms with van der Waals surface area (Å²) < 4.78 is 37.4. The second kappa shape index (κ2) is 3.69. The standard InChI is InChI=1S/C10H6F3N3O/c11-10(12,13)5-1-2-6-7(3-5)15-8(4-17)16-9(6)14/h1-4H,(H2,14,15,16). The van der Waals surface area contributed by atoms with E-state index in [9.17, 15) is 18.0 Å². The lowest BCUT2D eigenvalue weighted by Gasteiger charge is -2.08. The minimum atomic E-state index is -4.46. The van der Waals surface area contributed by atoms with Gasteiger partial charge in [-0.2, -0.15) is 13.2 Å². The van der Waals surface area contributed by atoms with Crippen LogP contribution in [0.4, 0.5) is 19.0 Å². The Morgan fingerprint density at radius 3 is 2.53 bits per heavy atom. The van der Waals surface area contributed by atoms with Crippen molar-refractivity contribution in [1.29, 1.82) is 0 Å². The fourth-order valence-corrected chi connectivity index (χ4v) is 1.40. The Morgan fingerprint density at radius 2 is 1.94 bits per heavy atom. The molecule has 88 valence electrons. The largest absolute Gasteiger partial charge is 0.416 e. The van der Waals surface area contributed by atoms with E-state index in [4.69, 9.17) is 5.73 Å². The van der Waals surface area contributed by atoms with Gasteiger partial charge in [-0.1, -0.05) is 0 Å². The summed E-state index contributed by atoms with van der Waals surface area (Å²) in [6, 6.07) is 2.91. The van der Waals surface area contributed by atoms with Crippen molar-refractivity contribution in [3.63, 3.8) is 0 Å². The Hall–Kier alpha value is -2.18. The summed E-state index contributed by atoms with van der Waals surface area (Å²) in [5, 5.41) is 0.281. The molecule has 0 amide bonds. The van der Waals surface area contributed by atoms with Crippen LogP contribution in [0.3, 0.4) is 0 Å². The molecular weight excluding hydrogens is 235 g/mol. The molecule has 7 heteroatoms. The van der Waals surface area contributed by atoms with Crippen LogP contribution in [-0.2, 0) is 6.18 Å². The number of aromatic nitrogens is 2. The number of carbonyl (C=O) groups is 1. The van der Waals surface area contributed by atoms with Crippen molar-refractivity contribution in [3.8, 4) is 0 Å². The second-order valence-corrected chi connectivity index (χ2v) is 3.31. The predicted octanol–water partition coefficient (Wildman–Crippen LogP) is 2.04. The Morgan fingerprint density at radius 1 is 1.24 bits per heavy atom. The average molecular weight is 241 g/mol. The lowest BCUT2D eigenvalue weighted by molar-refractivity contribution is -0.137. The first-order valence-electron chi connectivity index (χ1n) is 4.51. The zero-order valence-electron chi connectivity index (χ0n) is 8.32. The van der Waals surface area contributed by atoms with Crippen molar-refractivity contribution in [2.24, 2.45) is 0 Å². The molecule has 0 fully saturated rings. The highest BCUT2D eigenvalue weighted by Gasteiger charge is 2.30. The molecule has 17 heavy (non-hydrogen) atoms. The first-order chi connectivity index (χ1) is 7.91. The van der Waals surface area contributed by atoms with Crippen LogP contribution in [0.15, 0.2) is 18.2 Å². The molecule has 0 radical (unpaired) electrons. The molecule has 2 aromatic rings. The van der Waals surface area contributed by atoms with E-state index in [-0.39, 0.29) is 22.5 Å². The number of nitrogen functional groups attached to an aromatic ring is 1. The predicted molar refractivity (Wildman–Crippen MR) is 54.3 cm³/mol. The van der Waals surface area contributed by atoms with Gasteiger partial charge in [0, 0.05) is 5.39 Å². The molecule has 0 saturated carbocycles. The van der Waals surface area contributed by atoms with E-state index in [0.717, 1.165) is 12.1 Å². The quantitative estimate of drug-likeness (QED) is 0.775. The normalized spacial score (nSPS) is 11.7. The fourth-order valence-electron chi connectivity index (χ4n) is 1.40. The molecule has 0 saturated heterocycles. The highest BCUT2D eigenvalue weighted by atomic mass is 19.4. The van der Waals surface area contributed by atoms with Crippen molar-refractivity contribution >= 4 is 23.0 Å². The number of hydrogen-bond donors (Lipinski definition) is 1. The van der Waals surface area contributed by atoms with E-state index in [0.29, 0.717) is 6.29 Å². The van der Waals surface area contributed by atoms with Gasteiger partial charge in [0.15, 0.2) is 12.1 Å². The number of fused-ring (bicyclic) bond motifs is 1. The summed E-state index contributed by atoms with van der Waals surface area (Å²) in [4.78, 5) is 17.8. The van der Waals surface area contributed by atoms with Crippen molar-refractivity contribution in [2.75, 3.05) is 5.73 Å². The molecule has 0 aliphatic carbocycles. The van der Waals surface area contributed by atoms with Crippen molar-refractivity contribution in [1.82, 2.24) is 9.97 Å². The maximum Gasteiger partial charge on any atom is 0.416 e. The van der Waals surface area contributed by atoms with E-state index >= 15 is 0 Å². The number of benzene rings is 1. The highest BCUT2D eigenvalue weighted by molar-refractivity contribution is 5.90. The van der Waals surface area contributed by atoms with Crippen LogP contribution in [0.5, 0.6) is 0 Å². The van der Waals surface area contributed by atoms with Crippen LogP contribution < -0.4 is 5.73 Å². The molecule has 0 atom stereocenters. The van der Waals surface area contributed by atoms with Crippen LogP contribution in [0.1, 0.15) is 16.2 Å². The number of halogens is 3. The summed E-state index contributed by atoms with van der Waals surface area (Å²) >= 11 is 0. The van der Waals surface area contributed by atoms with Crippen LogP contribution >= 0.6 is 0 Å². The van der Waals surface area contributed by atoms with E-state index in [1.807, 2.05) is 0 Å². The number of rotatable bonds is 1. The number of carbonyl (C=O) groups excluding carboxylic acids is 1. The van der Waals surface area contributed by atoms with Gasteiger partial charge in [0.2, 0.25) is 0 Å². The molecule has 0 aliphatic rings. The van der Waals surface area contributed by atoms with Gasteiger partial charge < -0.3 is 5.73 Å². The molecule has 0 unspecified atom stereocenters. The third-order valence-corrected chi connectivity index (χ3v) is 2.18. The molecule has 0 aliphatic heterocycles. The first kappa shape index (κ1) is 11.3. The SMILES string of the molecule is Nc1nc(C=O)nc2cc(C(F)(F)F)ccc12. The molecule has 1 heterocycles. The zero-order valence-corrected chi connectivity index (χ0v) is 8.32. The third kappa shape index (κ3) is 2.03. The Balaban J connectivity index is 2.72. The molecule has 0 bridgehead atoms. The molecular formula is C10H6F3N3O. The van der Waals surface area contributed by atoms with Crippen LogP contribution in [-0.4, -0.2) is 16.3 Å². The molecule has 0 spiro atoms. The Bertz CT molecular complexity index is 595.